The van der Waals surface area contributed by atoms with Gasteiger partial charge in [0.2, 0.25) is 0 Å². The summed E-state index contributed by atoms with van der Waals surface area (Å²) >= 11 is 5.19. The summed E-state index contributed by atoms with van der Waals surface area (Å²) in [7, 11) is 0. The second-order valence-electron chi connectivity index (χ2n) is 5.46. The molecule has 0 spiro atoms. The van der Waals surface area contributed by atoms with Crippen molar-refractivity contribution in [2.24, 2.45) is 0 Å². The first-order chi connectivity index (χ1) is 9.46. The van der Waals surface area contributed by atoms with E-state index in [1.807, 2.05) is 50.3 Å². The zero-order valence-corrected chi connectivity index (χ0v) is 13.7. The van der Waals surface area contributed by atoms with Crippen molar-refractivity contribution in [3.8, 4) is 0 Å². The monoisotopic (exact) mass is 356 g/mol. The van der Waals surface area contributed by atoms with Crippen molar-refractivity contribution in [2.45, 2.75) is 48.1 Å². The van der Waals surface area contributed by atoms with Gasteiger partial charge in [-0.15, -0.1) is 11.8 Å². The third-order valence-corrected chi connectivity index (χ3v) is 5.36. The molecular weight excluding hydrogens is 340 g/mol. The molecule has 0 saturated carbocycles. The van der Waals surface area contributed by atoms with Gasteiger partial charge in [0.1, 0.15) is 12.2 Å². The van der Waals surface area contributed by atoms with E-state index in [-0.39, 0.29) is 17.5 Å². The number of ether oxygens (including phenoxy) is 2. The molecule has 4 atom stereocenters. The molecule has 1 aromatic rings. The van der Waals surface area contributed by atoms with Crippen LogP contribution < -0.4 is 0 Å². The Bertz CT molecular complexity index is 517. The summed E-state index contributed by atoms with van der Waals surface area (Å²) in [5.41, 5.74) is 0. The number of hydrogen-bond donors (Lipinski definition) is 1. The van der Waals surface area contributed by atoms with E-state index >= 15 is 0 Å². The summed E-state index contributed by atoms with van der Waals surface area (Å²) in [4.78, 5) is 1.13. The summed E-state index contributed by atoms with van der Waals surface area (Å²) in [6.07, 6.45) is 0.889. The van der Waals surface area contributed by atoms with Gasteiger partial charge >= 0.3 is 0 Å². The maximum Gasteiger partial charge on any atom is 0.164 e. The van der Waals surface area contributed by atoms with Gasteiger partial charge in [-0.3, -0.25) is 0 Å². The van der Waals surface area contributed by atoms with Gasteiger partial charge in [0.25, 0.3) is 0 Å². The summed E-state index contributed by atoms with van der Waals surface area (Å²) in [6, 6.07) is 10.1. The maximum absolute atomic E-state index is 10.6. The lowest BCUT2D eigenvalue weighted by Crippen LogP contribution is -2.44. The molecule has 0 unspecified atom stereocenters. The highest BCUT2D eigenvalue weighted by Gasteiger charge is 2.50. The maximum atomic E-state index is 10.6. The van der Waals surface area contributed by atoms with Crippen LogP contribution in [0.4, 0.5) is 0 Å². The van der Waals surface area contributed by atoms with Crippen molar-refractivity contribution in [1.29, 1.82) is 0 Å². The number of fused-ring (bicyclic) bond motifs is 1. The Hall–Kier alpha value is -0.330. The first kappa shape index (κ1) is 14.6. The van der Waals surface area contributed by atoms with Gasteiger partial charge in [0, 0.05) is 9.38 Å². The van der Waals surface area contributed by atoms with E-state index in [0.717, 1.165) is 9.38 Å². The molecule has 0 aromatic heterocycles. The zero-order chi connectivity index (χ0) is 14.3. The van der Waals surface area contributed by atoms with E-state index in [0.29, 0.717) is 0 Å². The van der Waals surface area contributed by atoms with Crippen LogP contribution in [0.1, 0.15) is 13.8 Å². The van der Waals surface area contributed by atoms with Gasteiger partial charge in [-0.25, -0.2) is 0 Å². The number of rotatable bonds is 2. The molecule has 3 nitrogen and oxygen atoms in total. The van der Waals surface area contributed by atoms with E-state index in [9.17, 15) is 5.11 Å². The van der Waals surface area contributed by atoms with Gasteiger partial charge in [0.05, 0.1) is 11.4 Å². The quantitative estimate of drug-likeness (QED) is 0.881. The largest absolute Gasteiger partial charge is 0.389 e. The minimum atomic E-state index is -0.657. The van der Waals surface area contributed by atoms with Crippen LogP contribution in [0.5, 0.6) is 0 Å². The van der Waals surface area contributed by atoms with E-state index in [1.165, 1.54) is 0 Å². The third-order valence-electron chi connectivity index (χ3n) is 3.41. The number of hydrogen-bond acceptors (Lipinski definition) is 4. The van der Waals surface area contributed by atoms with Crippen molar-refractivity contribution in [3.63, 3.8) is 0 Å². The molecule has 1 fully saturated rings. The number of halogens is 1. The van der Waals surface area contributed by atoms with Crippen LogP contribution in [0.25, 0.3) is 0 Å². The Morgan fingerprint density at radius 3 is 2.60 bits per heavy atom. The van der Waals surface area contributed by atoms with Crippen LogP contribution in [-0.4, -0.2) is 34.5 Å². The average Bonchev–Trinajstić information content (AvgIpc) is 2.74. The molecule has 3 rings (SSSR count). The summed E-state index contributed by atoms with van der Waals surface area (Å²) in [5.74, 6) is -0.657. The van der Waals surface area contributed by atoms with E-state index < -0.39 is 11.9 Å². The molecule has 20 heavy (non-hydrogen) atoms. The first-order valence-corrected chi connectivity index (χ1v) is 8.26. The molecule has 1 aliphatic carbocycles. The fourth-order valence-corrected chi connectivity index (χ4v) is 4.50. The fourth-order valence-electron chi connectivity index (χ4n) is 2.55. The van der Waals surface area contributed by atoms with E-state index in [4.69, 9.17) is 9.47 Å². The molecule has 108 valence electrons. The summed E-state index contributed by atoms with van der Waals surface area (Å²) < 4.78 is 12.6. The Morgan fingerprint density at radius 1 is 1.20 bits per heavy atom. The fraction of sp³-hybridized carbons (Fsp3) is 0.467. The molecule has 1 saturated heterocycles. The molecule has 5 heteroatoms. The van der Waals surface area contributed by atoms with E-state index in [2.05, 4.69) is 15.9 Å². The van der Waals surface area contributed by atoms with Crippen molar-refractivity contribution < 1.29 is 14.6 Å². The number of thioether (sulfide) groups is 1. The summed E-state index contributed by atoms with van der Waals surface area (Å²) in [6.45, 7) is 3.75. The molecule has 0 amide bonds. The van der Waals surface area contributed by atoms with Crippen molar-refractivity contribution in [3.05, 3.63) is 40.9 Å². The van der Waals surface area contributed by atoms with Gasteiger partial charge < -0.3 is 14.6 Å². The normalized spacial score (nSPS) is 35.5. The predicted octanol–water partition coefficient (Wildman–Crippen LogP) is 3.32. The second-order valence-corrected chi connectivity index (χ2v) is 7.63. The first-order valence-electron chi connectivity index (χ1n) is 6.59. The Balaban J connectivity index is 1.81. The highest BCUT2D eigenvalue weighted by molar-refractivity contribution is 9.11. The Kier molecular flexibility index (Phi) is 3.99. The predicted molar refractivity (Wildman–Crippen MR) is 82.9 cm³/mol. The standard InChI is InChI=1S/C15H17BrO3S/c1-15(2)18-13-10(16)8-11(12(17)14(13)19-15)20-9-6-4-3-5-7-9/h3-8,11-14,17H,1-2H3/t11-,12-,13-,14+/m1/s1. The van der Waals surface area contributed by atoms with Crippen LogP contribution in [0, 0.1) is 0 Å². The minimum absolute atomic E-state index is 0.0504. The SMILES string of the molecule is CC1(C)O[C@H]2[C@H](O)[C@H](Sc3ccccc3)C=C(Br)[C@H]2O1. The topological polar surface area (TPSA) is 38.7 Å². The lowest BCUT2D eigenvalue weighted by atomic mass is 9.98. The smallest absolute Gasteiger partial charge is 0.164 e. The highest BCUT2D eigenvalue weighted by Crippen LogP contribution is 2.43. The second kappa shape index (κ2) is 5.46. The van der Waals surface area contributed by atoms with Gasteiger partial charge in [-0.2, -0.15) is 0 Å². The molecule has 1 heterocycles. The van der Waals surface area contributed by atoms with Gasteiger partial charge in [-0.05, 0) is 26.0 Å². The van der Waals surface area contributed by atoms with Crippen molar-refractivity contribution >= 4 is 27.7 Å². The zero-order valence-electron chi connectivity index (χ0n) is 11.3. The molecule has 2 aliphatic rings. The number of aliphatic hydroxyl groups is 1. The van der Waals surface area contributed by atoms with Crippen LogP contribution in [0.15, 0.2) is 45.8 Å². The molecule has 1 aliphatic heterocycles. The van der Waals surface area contributed by atoms with Gasteiger partial charge in [-0.1, -0.05) is 40.2 Å². The molecular formula is C15H17BrO3S. The highest BCUT2D eigenvalue weighted by atomic mass is 79.9. The summed E-state index contributed by atoms with van der Waals surface area (Å²) in [5, 5.41) is 10.5. The number of benzene rings is 1. The lowest BCUT2D eigenvalue weighted by Gasteiger charge is -2.32. The van der Waals surface area contributed by atoms with Crippen LogP contribution >= 0.6 is 27.7 Å². The Morgan fingerprint density at radius 2 is 1.90 bits per heavy atom. The van der Waals surface area contributed by atoms with Gasteiger partial charge in [0.15, 0.2) is 5.79 Å². The molecule has 0 radical (unpaired) electrons. The third kappa shape index (κ3) is 2.83. The number of aliphatic hydroxyl groups excluding tert-OH is 1. The molecule has 0 bridgehead atoms. The van der Waals surface area contributed by atoms with E-state index in [1.54, 1.807) is 11.8 Å². The molecule has 1 aromatic carbocycles. The van der Waals surface area contributed by atoms with Crippen molar-refractivity contribution in [2.75, 3.05) is 0 Å². The van der Waals surface area contributed by atoms with Crippen LogP contribution in [0.3, 0.4) is 0 Å². The Labute approximate surface area is 131 Å². The van der Waals surface area contributed by atoms with Crippen molar-refractivity contribution in [1.82, 2.24) is 0 Å². The average molecular weight is 357 g/mol. The van der Waals surface area contributed by atoms with Crippen LogP contribution in [-0.2, 0) is 9.47 Å². The lowest BCUT2D eigenvalue weighted by molar-refractivity contribution is -0.152. The minimum Gasteiger partial charge on any atom is -0.389 e. The van der Waals surface area contributed by atoms with Crippen LogP contribution in [0.2, 0.25) is 0 Å². The molecule has 1 N–H and O–H groups in total.